The number of likely N-dealkylation sites (tertiary alicyclic amines) is 1. The minimum Gasteiger partial charge on any atom is -0.497 e. The third kappa shape index (κ3) is 8.52. The molecule has 2 atom stereocenters. The highest BCUT2D eigenvalue weighted by Gasteiger charge is 2.35. The average Bonchev–Trinajstić information content (AvgIpc) is 3.06. The summed E-state index contributed by atoms with van der Waals surface area (Å²) in [5.41, 5.74) is 6.33. The maximum atomic E-state index is 14.2. The Labute approximate surface area is 268 Å². The quantitative estimate of drug-likeness (QED) is 0.150. The third-order valence-corrected chi connectivity index (χ3v) is 9.54. The zero-order chi connectivity index (χ0) is 33.4. The number of methoxy groups -OCH3 is 2. The molecule has 46 heavy (non-hydrogen) atoms. The lowest BCUT2D eigenvalue weighted by Gasteiger charge is -2.38. The van der Waals surface area contributed by atoms with Crippen molar-refractivity contribution in [1.29, 1.82) is 5.41 Å². The Morgan fingerprint density at radius 2 is 1.76 bits per heavy atom. The topological polar surface area (TPSA) is 175 Å². The summed E-state index contributed by atoms with van der Waals surface area (Å²) < 4.78 is 40.0. The molecule has 0 unspecified atom stereocenters. The van der Waals surface area contributed by atoms with Gasteiger partial charge in [-0.05, 0) is 53.4 Å². The van der Waals surface area contributed by atoms with Crippen LogP contribution in [0.1, 0.15) is 24.8 Å². The van der Waals surface area contributed by atoms with Crippen LogP contribution in [-0.4, -0.2) is 99.8 Å². The second kappa shape index (κ2) is 15.1. The monoisotopic (exact) mass is 652 g/mol. The van der Waals surface area contributed by atoms with Crippen molar-refractivity contribution < 1.29 is 32.3 Å². The number of carbonyl (C=O) groups is 3. The molecule has 1 saturated heterocycles. The summed E-state index contributed by atoms with van der Waals surface area (Å²) in [6.07, 6.45) is 0.839. The van der Waals surface area contributed by atoms with E-state index in [1.54, 1.807) is 54.4 Å². The number of amides is 2. The largest absolute Gasteiger partial charge is 0.497 e. The lowest BCUT2D eigenvalue weighted by molar-refractivity contribution is -0.148. The smallest absolute Gasteiger partial charge is 0.325 e. The molecule has 14 heteroatoms. The van der Waals surface area contributed by atoms with Crippen molar-refractivity contribution in [3.63, 3.8) is 0 Å². The summed E-state index contributed by atoms with van der Waals surface area (Å²) in [4.78, 5) is 44.5. The molecule has 1 fully saturated rings. The van der Waals surface area contributed by atoms with Crippen LogP contribution in [0.2, 0.25) is 0 Å². The molecular weight excluding hydrogens is 612 g/mol. The molecule has 13 nitrogen and oxygen atoms in total. The minimum atomic E-state index is -4.32. The van der Waals surface area contributed by atoms with E-state index in [0.29, 0.717) is 42.6 Å². The zero-order valence-corrected chi connectivity index (χ0v) is 27.0. The van der Waals surface area contributed by atoms with Crippen LogP contribution in [0.4, 0.5) is 0 Å². The summed E-state index contributed by atoms with van der Waals surface area (Å²) in [6.45, 7) is 0.390. The summed E-state index contributed by atoms with van der Waals surface area (Å²) in [6, 6.07) is 16.8. The van der Waals surface area contributed by atoms with Crippen molar-refractivity contribution in [1.82, 2.24) is 19.4 Å². The fourth-order valence-corrected chi connectivity index (χ4v) is 6.61. The summed E-state index contributed by atoms with van der Waals surface area (Å²) in [5.74, 6) is -1.49. The zero-order valence-electron chi connectivity index (χ0n) is 26.1. The Hall–Kier alpha value is -4.69. The number of esters is 1. The number of nitrogens with two attached hydrogens (primary N) is 1. The number of piperidine rings is 1. The average molecular weight is 653 g/mol. The van der Waals surface area contributed by atoms with E-state index in [1.165, 1.54) is 31.3 Å². The molecule has 246 valence electrons. The van der Waals surface area contributed by atoms with Gasteiger partial charge in [-0.1, -0.05) is 42.5 Å². The molecule has 1 aliphatic heterocycles. The predicted octanol–water partition coefficient (Wildman–Crippen LogP) is 1.90. The van der Waals surface area contributed by atoms with Crippen LogP contribution in [0, 0.1) is 5.41 Å². The number of likely N-dealkylation sites (N-methyl/N-ethyl adjacent to an activating group) is 1. The number of rotatable bonds is 12. The fraction of sp³-hybridized carbons (Fsp3) is 0.375. The van der Waals surface area contributed by atoms with Crippen LogP contribution in [0.15, 0.2) is 71.6 Å². The molecule has 0 aliphatic carbocycles. The maximum absolute atomic E-state index is 14.2. The lowest BCUT2D eigenvalue weighted by atomic mass is 10.0. The van der Waals surface area contributed by atoms with E-state index >= 15 is 0 Å². The highest BCUT2D eigenvalue weighted by molar-refractivity contribution is 7.89. The molecule has 1 heterocycles. The van der Waals surface area contributed by atoms with E-state index in [4.69, 9.17) is 20.6 Å². The minimum absolute atomic E-state index is 0.0631. The standard InChI is InChI=1S/C32H40N6O7S/c1-36(25-9-6-16-37(20-25)32(33)34)29(39)18-28(35-46(42,43)27-15-12-23-7-4-5-8-24(23)17-27)31(41)38(21-30(40)45-3)19-22-10-13-26(44-2)14-11-22/h4-5,7-8,10-15,17,25,28,35H,6,9,16,18-21H2,1-3H3,(H3,33,34)/t25-,28-/m0/s1. The van der Waals surface area contributed by atoms with E-state index in [-0.39, 0.29) is 23.4 Å². The number of nitrogens with one attached hydrogen (secondary N) is 2. The van der Waals surface area contributed by atoms with Crippen molar-refractivity contribution in [2.45, 2.75) is 42.8 Å². The number of fused-ring (bicyclic) bond motifs is 1. The van der Waals surface area contributed by atoms with E-state index in [9.17, 15) is 22.8 Å². The third-order valence-electron chi connectivity index (χ3n) is 8.08. The molecule has 2 amide bonds. The van der Waals surface area contributed by atoms with Crippen LogP contribution in [0.5, 0.6) is 5.75 Å². The fourth-order valence-electron chi connectivity index (χ4n) is 5.39. The van der Waals surface area contributed by atoms with Crippen molar-refractivity contribution in [3.05, 3.63) is 72.3 Å². The number of benzene rings is 3. The highest BCUT2D eigenvalue weighted by atomic mass is 32.2. The second-order valence-electron chi connectivity index (χ2n) is 11.1. The molecule has 0 aromatic heterocycles. The number of ether oxygens (including phenoxy) is 2. The van der Waals surface area contributed by atoms with E-state index in [2.05, 4.69) is 4.72 Å². The molecule has 0 bridgehead atoms. The van der Waals surface area contributed by atoms with Crippen molar-refractivity contribution in [3.8, 4) is 5.75 Å². The SMILES string of the molecule is COC(=O)CN(Cc1ccc(OC)cc1)C(=O)[C@H](CC(=O)N(C)[C@H]1CCCN(C(=N)N)C1)NS(=O)(=O)c1ccc2ccccc2c1. The van der Waals surface area contributed by atoms with E-state index in [0.717, 1.165) is 10.3 Å². The first kappa shape index (κ1) is 34.2. The van der Waals surface area contributed by atoms with Gasteiger partial charge in [0.1, 0.15) is 18.3 Å². The number of hydrogen-bond donors (Lipinski definition) is 3. The van der Waals surface area contributed by atoms with Gasteiger partial charge in [-0.2, -0.15) is 4.72 Å². The Kier molecular flexibility index (Phi) is 11.2. The predicted molar refractivity (Wildman–Crippen MR) is 172 cm³/mol. The first-order chi connectivity index (χ1) is 21.9. The van der Waals surface area contributed by atoms with Crippen LogP contribution in [-0.2, 0) is 35.7 Å². The molecule has 0 spiro atoms. The molecule has 4 rings (SSSR count). The molecule has 1 aliphatic rings. The molecule has 4 N–H and O–H groups in total. The summed E-state index contributed by atoms with van der Waals surface area (Å²) in [5, 5.41) is 9.31. The van der Waals surface area contributed by atoms with Gasteiger partial charge in [0.25, 0.3) is 0 Å². The number of carbonyl (C=O) groups excluding carboxylic acids is 3. The molecular formula is C32H40N6O7S. The lowest BCUT2D eigenvalue weighted by Crippen LogP contribution is -2.54. The van der Waals surface area contributed by atoms with Gasteiger partial charge in [-0.3, -0.25) is 19.8 Å². The van der Waals surface area contributed by atoms with Gasteiger partial charge < -0.3 is 29.9 Å². The van der Waals surface area contributed by atoms with Crippen molar-refractivity contribution >= 4 is 44.5 Å². The number of sulfonamides is 1. The van der Waals surface area contributed by atoms with Crippen LogP contribution >= 0.6 is 0 Å². The summed E-state index contributed by atoms with van der Waals surface area (Å²) >= 11 is 0. The second-order valence-corrected chi connectivity index (χ2v) is 12.9. The number of nitrogens with zero attached hydrogens (tertiary/aromatic N) is 3. The Morgan fingerprint density at radius 1 is 1.07 bits per heavy atom. The Balaban J connectivity index is 1.65. The van der Waals surface area contributed by atoms with Gasteiger partial charge in [-0.25, -0.2) is 8.42 Å². The molecule has 3 aromatic carbocycles. The van der Waals surface area contributed by atoms with Gasteiger partial charge in [0.15, 0.2) is 5.96 Å². The van der Waals surface area contributed by atoms with Gasteiger partial charge in [0.05, 0.1) is 25.5 Å². The first-order valence-corrected chi connectivity index (χ1v) is 16.2. The number of hydrogen-bond acceptors (Lipinski definition) is 8. The van der Waals surface area contributed by atoms with Gasteiger partial charge in [-0.15, -0.1) is 0 Å². The van der Waals surface area contributed by atoms with Crippen LogP contribution in [0.25, 0.3) is 10.8 Å². The van der Waals surface area contributed by atoms with Crippen molar-refractivity contribution in [2.24, 2.45) is 5.73 Å². The van der Waals surface area contributed by atoms with Crippen LogP contribution in [0.3, 0.4) is 0 Å². The maximum Gasteiger partial charge on any atom is 0.325 e. The van der Waals surface area contributed by atoms with Gasteiger partial charge in [0.2, 0.25) is 21.8 Å². The Bertz CT molecular complexity index is 1680. The van der Waals surface area contributed by atoms with E-state index in [1.807, 2.05) is 12.1 Å². The molecule has 0 radical (unpaired) electrons. The summed E-state index contributed by atoms with van der Waals surface area (Å²) in [7, 11) is -0.0256. The Morgan fingerprint density at radius 3 is 2.41 bits per heavy atom. The molecule has 3 aromatic rings. The normalized spacial score (nSPS) is 15.5. The van der Waals surface area contributed by atoms with Crippen molar-refractivity contribution in [2.75, 3.05) is 40.9 Å². The molecule has 0 saturated carbocycles. The van der Waals surface area contributed by atoms with Crippen LogP contribution < -0.4 is 15.2 Å². The van der Waals surface area contributed by atoms with Gasteiger partial charge >= 0.3 is 5.97 Å². The highest BCUT2D eigenvalue weighted by Crippen LogP contribution is 2.22. The first-order valence-electron chi connectivity index (χ1n) is 14.8. The van der Waals surface area contributed by atoms with Gasteiger partial charge in [0, 0.05) is 32.7 Å². The number of guanidine groups is 1. The van der Waals surface area contributed by atoms with E-state index < -0.39 is 46.8 Å².